The molecule has 2 heteroatoms. The summed E-state index contributed by atoms with van der Waals surface area (Å²) in [4.78, 5) is 0. The molecule has 26 heavy (non-hydrogen) atoms. The molecule has 0 heterocycles. The molecule has 3 rings (SSSR count). The Balaban J connectivity index is 1.57. The van der Waals surface area contributed by atoms with E-state index >= 15 is 0 Å². The molecule has 2 nitrogen and oxygen atoms in total. The highest BCUT2D eigenvalue weighted by molar-refractivity contribution is 5.29. The Morgan fingerprint density at radius 3 is 2.27 bits per heavy atom. The first-order valence-electron chi connectivity index (χ1n) is 11.0. The van der Waals surface area contributed by atoms with Crippen molar-refractivity contribution in [3.05, 3.63) is 29.8 Å². The van der Waals surface area contributed by atoms with E-state index in [4.69, 9.17) is 9.47 Å². The molecule has 0 bridgehead atoms. The van der Waals surface area contributed by atoms with Gasteiger partial charge in [-0.2, -0.15) is 0 Å². The van der Waals surface area contributed by atoms with Crippen LogP contribution >= 0.6 is 0 Å². The molecule has 2 aliphatic rings. The van der Waals surface area contributed by atoms with Crippen LogP contribution in [0.4, 0.5) is 0 Å². The maximum Gasteiger partial charge on any atom is 0.202 e. The fourth-order valence-electron chi connectivity index (χ4n) is 4.71. The molecule has 0 saturated heterocycles. The minimum atomic E-state index is -0.144. The van der Waals surface area contributed by atoms with E-state index in [1.165, 1.54) is 56.9 Å². The van der Waals surface area contributed by atoms with Gasteiger partial charge in [0, 0.05) is 5.92 Å². The van der Waals surface area contributed by atoms with Crippen LogP contribution in [0.1, 0.15) is 90.5 Å². The third kappa shape index (κ3) is 5.03. The Morgan fingerprint density at radius 2 is 1.62 bits per heavy atom. The monoisotopic (exact) mass is 358 g/mol. The van der Waals surface area contributed by atoms with E-state index in [1.54, 1.807) is 0 Å². The van der Waals surface area contributed by atoms with Gasteiger partial charge in [0.1, 0.15) is 5.75 Å². The number of benzene rings is 1. The normalized spacial score (nSPS) is 28.4. The van der Waals surface area contributed by atoms with Gasteiger partial charge in [0.25, 0.3) is 0 Å². The van der Waals surface area contributed by atoms with E-state index in [1.807, 2.05) is 0 Å². The number of rotatable bonds is 7. The van der Waals surface area contributed by atoms with Gasteiger partial charge in [0.05, 0.1) is 6.10 Å². The van der Waals surface area contributed by atoms with Gasteiger partial charge in [-0.05, 0) is 61.1 Å². The highest BCUT2D eigenvalue weighted by atomic mass is 16.7. The van der Waals surface area contributed by atoms with Crippen LogP contribution in [0.3, 0.4) is 0 Å². The average molecular weight is 359 g/mol. The van der Waals surface area contributed by atoms with Crippen LogP contribution in [0.5, 0.6) is 5.75 Å². The van der Waals surface area contributed by atoms with E-state index < -0.39 is 0 Å². The topological polar surface area (TPSA) is 18.5 Å². The molecular weight excluding hydrogens is 320 g/mol. The molecule has 146 valence electrons. The lowest BCUT2D eigenvalue weighted by atomic mass is 9.70. The molecule has 0 aliphatic heterocycles. The smallest absolute Gasteiger partial charge is 0.202 e. The summed E-state index contributed by atoms with van der Waals surface area (Å²) in [5, 5.41) is 0. The summed E-state index contributed by atoms with van der Waals surface area (Å²) >= 11 is 0. The van der Waals surface area contributed by atoms with E-state index in [-0.39, 0.29) is 6.29 Å². The molecule has 0 amide bonds. The Morgan fingerprint density at radius 1 is 0.923 bits per heavy atom. The molecule has 0 radical (unpaired) electrons. The summed E-state index contributed by atoms with van der Waals surface area (Å²) < 4.78 is 12.7. The van der Waals surface area contributed by atoms with Crippen molar-refractivity contribution < 1.29 is 9.47 Å². The van der Waals surface area contributed by atoms with Crippen molar-refractivity contribution in [1.82, 2.24) is 0 Å². The summed E-state index contributed by atoms with van der Waals surface area (Å²) in [7, 11) is 0. The number of hydrogen-bond donors (Lipinski definition) is 0. The lowest BCUT2D eigenvalue weighted by molar-refractivity contribution is -0.159. The van der Waals surface area contributed by atoms with Crippen LogP contribution in [0.15, 0.2) is 24.3 Å². The van der Waals surface area contributed by atoms with Crippen molar-refractivity contribution >= 4 is 0 Å². The Hall–Kier alpha value is -1.02. The van der Waals surface area contributed by atoms with Gasteiger partial charge in [0.15, 0.2) is 0 Å². The van der Waals surface area contributed by atoms with Gasteiger partial charge in [-0.1, -0.05) is 65.5 Å². The van der Waals surface area contributed by atoms with Crippen LogP contribution in [-0.2, 0) is 4.74 Å². The fraction of sp³-hybridized carbons (Fsp3) is 0.750. The molecule has 2 fully saturated rings. The predicted octanol–water partition coefficient (Wildman–Crippen LogP) is 6.94. The van der Waals surface area contributed by atoms with Crippen molar-refractivity contribution in [3.8, 4) is 5.75 Å². The van der Waals surface area contributed by atoms with Gasteiger partial charge >= 0.3 is 0 Å². The standard InChI is InChI=1S/C24H38O2/c1-5-18(4)19-10-13-22(14-11-19)25-24(17(2)3)26-23-15-12-20-8-6-7-9-21(20)16-23/h10-11,13-14,17-18,20-21,23-24H,5-9,12,15-16H2,1-4H3. The number of hydrogen-bond acceptors (Lipinski definition) is 2. The third-order valence-electron chi connectivity index (χ3n) is 6.68. The van der Waals surface area contributed by atoms with Gasteiger partial charge in [0.2, 0.25) is 6.29 Å². The van der Waals surface area contributed by atoms with E-state index in [9.17, 15) is 0 Å². The maximum atomic E-state index is 6.48. The SMILES string of the molecule is CCC(C)c1ccc(OC(OC2CCC3CCCCC3C2)C(C)C)cc1. The van der Waals surface area contributed by atoms with E-state index in [2.05, 4.69) is 52.0 Å². The minimum Gasteiger partial charge on any atom is -0.465 e. The first-order chi connectivity index (χ1) is 12.6. The second kappa shape index (κ2) is 9.26. The molecule has 0 N–H and O–H groups in total. The molecule has 0 spiro atoms. The first-order valence-corrected chi connectivity index (χ1v) is 11.0. The van der Waals surface area contributed by atoms with Gasteiger partial charge in [-0.3, -0.25) is 0 Å². The lowest BCUT2D eigenvalue weighted by Gasteiger charge is -2.40. The zero-order valence-electron chi connectivity index (χ0n) is 17.2. The molecule has 2 saturated carbocycles. The predicted molar refractivity (Wildman–Crippen MR) is 109 cm³/mol. The minimum absolute atomic E-state index is 0.144. The quantitative estimate of drug-likeness (QED) is 0.492. The van der Waals surface area contributed by atoms with Crippen molar-refractivity contribution in [1.29, 1.82) is 0 Å². The number of fused-ring (bicyclic) bond motifs is 1. The maximum absolute atomic E-state index is 6.48. The summed E-state index contributed by atoms with van der Waals surface area (Å²) in [5.41, 5.74) is 1.39. The zero-order chi connectivity index (χ0) is 18.5. The second-order valence-electron chi connectivity index (χ2n) is 8.98. The first kappa shape index (κ1) is 19.7. The number of ether oxygens (including phenoxy) is 2. The van der Waals surface area contributed by atoms with Gasteiger partial charge in [-0.25, -0.2) is 0 Å². The molecule has 5 unspecified atom stereocenters. The average Bonchev–Trinajstić information content (AvgIpc) is 2.67. The molecule has 1 aromatic carbocycles. The van der Waals surface area contributed by atoms with E-state index in [0.29, 0.717) is 17.9 Å². The largest absolute Gasteiger partial charge is 0.465 e. The van der Waals surface area contributed by atoms with Crippen molar-refractivity contribution in [2.24, 2.45) is 17.8 Å². The van der Waals surface area contributed by atoms with Crippen LogP contribution in [0, 0.1) is 17.8 Å². The van der Waals surface area contributed by atoms with Crippen molar-refractivity contribution in [2.45, 2.75) is 97.4 Å². The third-order valence-corrected chi connectivity index (χ3v) is 6.68. The molecule has 0 aromatic heterocycles. The Bertz CT molecular complexity index is 536. The Labute approximate surface area is 160 Å². The van der Waals surface area contributed by atoms with E-state index in [0.717, 1.165) is 17.6 Å². The van der Waals surface area contributed by atoms with Crippen LogP contribution < -0.4 is 4.74 Å². The summed E-state index contributed by atoms with van der Waals surface area (Å²) in [6.07, 6.45) is 10.9. The highest BCUT2D eigenvalue weighted by Gasteiger charge is 2.34. The van der Waals surface area contributed by atoms with Crippen LogP contribution in [-0.4, -0.2) is 12.4 Å². The highest BCUT2D eigenvalue weighted by Crippen LogP contribution is 2.41. The second-order valence-corrected chi connectivity index (χ2v) is 8.98. The molecule has 5 atom stereocenters. The summed E-state index contributed by atoms with van der Waals surface area (Å²) in [5.74, 6) is 3.75. The Kier molecular flexibility index (Phi) is 7.03. The van der Waals surface area contributed by atoms with Crippen molar-refractivity contribution in [3.63, 3.8) is 0 Å². The lowest BCUT2D eigenvalue weighted by Crippen LogP contribution is -2.37. The summed E-state index contributed by atoms with van der Waals surface area (Å²) in [6, 6.07) is 8.62. The molecule has 2 aliphatic carbocycles. The van der Waals surface area contributed by atoms with Crippen molar-refractivity contribution in [2.75, 3.05) is 0 Å². The van der Waals surface area contributed by atoms with Gasteiger partial charge in [-0.15, -0.1) is 0 Å². The summed E-state index contributed by atoms with van der Waals surface area (Å²) in [6.45, 7) is 8.91. The molecular formula is C24H38O2. The zero-order valence-corrected chi connectivity index (χ0v) is 17.2. The van der Waals surface area contributed by atoms with Crippen LogP contribution in [0.2, 0.25) is 0 Å². The van der Waals surface area contributed by atoms with Gasteiger partial charge < -0.3 is 9.47 Å². The van der Waals surface area contributed by atoms with Crippen LogP contribution in [0.25, 0.3) is 0 Å². The fourth-order valence-corrected chi connectivity index (χ4v) is 4.71. The molecule has 1 aromatic rings.